The average Bonchev–Trinajstić information content (AvgIpc) is 2.87. The van der Waals surface area contributed by atoms with Gasteiger partial charge < -0.3 is 18.9 Å². The number of nitrogens with zero attached hydrogens (tertiary/aromatic N) is 1. The van der Waals surface area contributed by atoms with Crippen molar-refractivity contribution in [2.45, 2.75) is 13.5 Å². The number of hydrogen-bond donors (Lipinski definition) is 1. The van der Waals surface area contributed by atoms with Crippen LogP contribution in [0.1, 0.15) is 28.4 Å². The number of benzene rings is 3. The maximum Gasteiger partial charge on any atom is 0.271 e. The molecule has 0 atom stereocenters. The predicted octanol–water partition coefficient (Wildman–Crippen LogP) is 5.05. The van der Waals surface area contributed by atoms with E-state index in [0.717, 1.165) is 14.7 Å². The molecule has 0 saturated heterocycles. The molecular weight excluding hydrogens is 559 g/mol. The molecule has 3 rings (SSSR count). The SMILES string of the molecule is C#CCOc1c(I)cc(/C=N/NC(=O)c2ccc(OCc3ccccc3)c(OC)c2)cc1OCC. The van der Waals surface area contributed by atoms with Crippen molar-refractivity contribution in [1.29, 1.82) is 0 Å². The van der Waals surface area contributed by atoms with Crippen molar-refractivity contribution in [3.63, 3.8) is 0 Å². The number of ether oxygens (including phenoxy) is 4. The van der Waals surface area contributed by atoms with Crippen LogP contribution in [0.5, 0.6) is 23.0 Å². The van der Waals surface area contributed by atoms with E-state index in [9.17, 15) is 4.79 Å². The highest BCUT2D eigenvalue weighted by atomic mass is 127. The topological polar surface area (TPSA) is 78.4 Å². The summed E-state index contributed by atoms with van der Waals surface area (Å²) in [7, 11) is 1.53. The standard InChI is InChI=1S/C27H25IN2O5/c1-4-13-34-26-22(28)14-20(15-25(26)33-5-2)17-29-30-27(31)21-11-12-23(24(16-21)32-3)35-18-19-9-7-6-8-10-19/h1,6-12,14-17H,5,13,18H2,2-3H3,(H,30,31)/b29-17+. The smallest absolute Gasteiger partial charge is 0.271 e. The van der Waals surface area contributed by atoms with Crippen molar-refractivity contribution in [2.24, 2.45) is 5.10 Å². The van der Waals surface area contributed by atoms with Gasteiger partial charge in [0.05, 0.1) is 23.5 Å². The van der Waals surface area contributed by atoms with Crippen LogP contribution in [-0.4, -0.2) is 32.4 Å². The molecule has 0 aliphatic heterocycles. The lowest BCUT2D eigenvalue weighted by atomic mass is 10.2. The fourth-order valence-electron chi connectivity index (χ4n) is 3.07. The Morgan fingerprint density at radius 3 is 2.57 bits per heavy atom. The number of amides is 1. The molecule has 0 fully saturated rings. The Bertz CT molecular complexity index is 1220. The van der Waals surface area contributed by atoms with E-state index < -0.39 is 0 Å². The monoisotopic (exact) mass is 584 g/mol. The van der Waals surface area contributed by atoms with E-state index >= 15 is 0 Å². The van der Waals surface area contributed by atoms with E-state index in [2.05, 4.69) is 39.0 Å². The number of terminal acetylenes is 1. The number of hydrazone groups is 1. The van der Waals surface area contributed by atoms with Gasteiger partial charge in [-0.1, -0.05) is 36.3 Å². The molecule has 3 aromatic rings. The van der Waals surface area contributed by atoms with Gasteiger partial charge in [-0.05, 0) is 71.0 Å². The minimum Gasteiger partial charge on any atom is -0.493 e. The lowest BCUT2D eigenvalue weighted by Crippen LogP contribution is -2.17. The first kappa shape index (κ1) is 25.9. The van der Waals surface area contributed by atoms with Gasteiger partial charge in [0.1, 0.15) is 13.2 Å². The van der Waals surface area contributed by atoms with Crippen molar-refractivity contribution in [1.82, 2.24) is 5.43 Å². The normalized spacial score (nSPS) is 10.5. The van der Waals surface area contributed by atoms with Crippen LogP contribution in [0.15, 0.2) is 65.8 Å². The van der Waals surface area contributed by atoms with Gasteiger partial charge in [0, 0.05) is 5.56 Å². The number of halogens is 1. The second kappa shape index (κ2) is 13.2. The molecule has 3 aromatic carbocycles. The number of carbonyl (C=O) groups excluding carboxylic acids is 1. The molecule has 0 unspecified atom stereocenters. The Kier molecular flexibility index (Phi) is 9.80. The highest BCUT2D eigenvalue weighted by Gasteiger charge is 2.13. The molecule has 180 valence electrons. The summed E-state index contributed by atoms with van der Waals surface area (Å²) in [5.74, 6) is 4.19. The first-order valence-corrected chi connectivity index (χ1v) is 11.8. The van der Waals surface area contributed by atoms with Crippen LogP contribution in [0, 0.1) is 15.9 Å². The number of methoxy groups -OCH3 is 1. The average molecular weight is 584 g/mol. The minimum absolute atomic E-state index is 0.138. The molecule has 7 nitrogen and oxygen atoms in total. The van der Waals surface area contributed by atoms with Gasteiger partial charge in [-0.3, -0.25) is 4.79 Å². The summed E-state index contributed by atoms with van der Waals surface area (Å²) in [6.07, 6.45) is 6.82. The Hall–Kier alpha value is -3.71. The summed E-state index contributed by atoms with van der Waals surface area (Å²) in [6, 6.07) is 18.4. The fourth-order valence-corrected chi connectivity index (χ4v) is 3.85. The molecule has 0 aliphatic carbocycles. The Labute approximate surface area is 218 Å². The van der Waals surface area contributed by atoms with Crippen molar-refractivity contribution in [2.75, 3.05) is 20.3 Å². The predicted molar refractivity (Wildman–Crippen MR) is 143 cm³/mol. The Morgan fingerprint density at radius 2 is 1.86 bits per heavy atom. The van der Waals surface area contributed by atoms with Crippen molar-refractivity contribution in [3.05, 3.63) is 80.9 Å². The van der Waals surface area contributed by atoms with E-state index in [4.69, 9.17) is 25.4 Å². The van der Waals surface area contributed by atoms with Crippen molar-refractivity contribution < 1.29 is 23.7 Å². The first-order valence-electron chi connectivity index (χ1n) is 10.8. The Morgan fingerprint density at radius 1 is 1.06 bits per heavy atom. The lowest BCUT2D eigenvalue weighted by Gasteiger charge is -2.13. The zero-order valence-corrected chi connectivity index (χ0v) is 21.6. The van der Waals surface area contributed by atoms with E-state index in [1.165, 1.54) is 13.3 Å². The second-order valence-corrected chi connectivity index (χ2v) is 8.26. The molecule has 0 aromatic heterocycles. The number of carbonyl (C=O) groups is 1. The van der Waals surface area contributed by atoms with Crippen LogP contribution in [0.4, 0.5) is 0 Å². The molecule has 1 N–H and O–H groups in total. The summed E-state index contributed by atoms with van der Waals surface area (Å²) in [4.78, 5) is 12.6. The summed E-state index contributed by atoms with van der Waals surface area (Å²) >= 11 is 2.14. The summed E-state index contributed by atoms with van der Waals surface area (Å²) in [5.41, 5.74) is 4.67. The highest BCUT2D eigenvalue weighted by Crippen LogP contribution is 2.34. The zero-order valence-electron chi connectivity index (χ0n) is 19.4. The maximum atomic E-state index is 12.6. The molecule has 35 heavy (non-hydrogen) atoms. The van der Waals surface area contributed by atoms with Gasteiger partial charge in [-0.2, -0.15) is 5.10 Å². The molecule has 0 aliphatic rings. The van der Waals surface area contributed by atoms with Crippen molar-refractivity contribution >= 4 is 34.7 Å². The first-order chi connectivity index (χ1) is 17.0. The lowest BCUT2D eigenvalue weighted by molar-refractivity contribution is 0.0954. The third kappa shape index (κ3) is 7.39. The quantitative estimate of drug-likeness (QED) is 0.148. The van der Waals surface area contributed by atoms with Gasteiger partial charge in [0.2, 0.25) is 0 Å². The minimum atomic E-state index is -0.386. The molecule has 0 bridgehead atoms. The molecular formula is C27H25IN2O5. The molecule has 8 heteroatoms. The van der Waals surface area contributed by atoms with E-state index in [1.54, 1.807) is 24.3 Å². The molecule has 1 amide bonds. The van der Waals surface area contributed by atoms with Gasteiger partial charge in [0.15, 0.2) is 23.0 Å². The van der Waals surface area contributed by atoms with Gasteiger partial charge >= 0.3 is 0 Å². The van der Waals surface area contributed by atoms with Crippen molar-refractivity contribution in [3.8, 4) is 35.3 Å². The largest absolute Gasteiger partial charge is 0.493 e. The van der Waals surface area contributed by atoms with Gasteiger partial charge in [0.25, 0.3) is 5.91 Å². The zero-order chi connectivity index (χ0) is 25.0. The van der Waals surface area contributed by atoms with Gasteiger partial charge in [-0.15, -0.1) is 6.42 Å². The van der Waals surface area contributed by atoms with Crippen LogP contribution < -0.4 is 24.4 Å². The number of hydrogen-bond acceptors (Lipinski definition) is 6. The summed E-state index contributed by atoms with van der Waals surface area (Å²) in [6.45, 7) is 2.87. The van der Waals surface area contributed by atoms with E-state index in [-0.39, 0.29) is 12.5 Å². The van der Waals surface area contributed by atoms with Crippen LogP contribution in [0.3, 0.4) is 0 Å². The van der Waals surface area contributed by atoms with E-state index in [0.29, 0.717) is 41.8 Å². The second-order valence-electron chi connectivity index (χ2n) is 7.09. The molecule has 0 saturated carbocycles. The number of rotatable bonds is 11. The third-order valence-electron chi connectivity index (χ3n) is 4.67. The third-order valence-corrected chi connectivity index (χ3v) is 5.48. The highest BCUT2D eigenvalue weighted by molar-refractivity contribution is 14.1. The van der Waals surface area contributed by atoms with Crippen LogP contribution >= 0.6 is 22.6 Å². The van der Waals surface area contributed by atoms with E-state index in [1.807, 2.05) is 43.3 Å². The Balaban J connectivity index is 1.67. The van der Waals surface area contributed by atoms with Crippen LogP contribution in [-0.2, 0) is 6.61 Å². The maximum absolute atomic E-state index is 12.6. The fraction of sp³-hybridized carbons (Fsp3) is 0.185. The van der Waals surface area contributed by atoms with Crippen LogP contribution in [0.2, 0.25) is 0 Å². The molecule has 0 spiro atoms. The number of nitrogens with one attached hydrogen (secondary N) is 1. The summed E-state index contributed by atoms with van der Waals surface area (Å²) in [5, 5.41) is 4.08. The van der Waals surface area contributed by atoms with Gasteiger partial charge in [-0.25, -0.2) is 5.43 Å². The molecule has 0 radical (unpaired) electrons. The summed E-state index contributed by atoms with van der Waals surface area (Å²) < 4.78 is 23.3. The molecule has 0 heterocycles. The van der Waals surface area contributed by atoms with Crippen LogP contribution in [0.25, 0.3) is 0 Å².